The van der Waals surface area contributed by atoms with Gasteiger partial charge in [0, 0.05) is 30.6 Å². The van der Waals surface area contributed by atoms with Gasteiger partial charge in [-0.25, -0.2) is 0 Å². The molecule has 0 heterocycles. The van der Waals surface area contributed by atoms with Crippen LogP contribution in [0.4, 0.5) is 0 Å². The van der Waals surface area contributed by atoms with Crippen LogP contribution < -0.4 is 10.6 Å². The number of hydrogen-bond acceptors (Lipinski definition) is 4. The fraction of sp³-hybridized carbons (Fsp3) is 0.680. The van der Waals surface area contributed by atoms with E-state index < -0.39 is 6.10 Å². The zero-order valence-electron chi connectivity index (χ0n) is 19.6. The molecule has 7 heteroatoms. The Hall–Kier alpha value is -1.63. The number of aliphatic hydroxyl groups is 1. The highest BCUT2D eigenvalue weighted by atomic mass is 35.5. The quantitative estimate of drug-likeness (QED) is 0.575. The van der Waals surface area contributed by atoms with Crippen LogP contribution in [-0.4, -0.2) is 42.8 Å². The van der Waals surface area contributed by atoms with Gasteiger partial charge in [0.15, 0.2) is 0 Å². The van der Waals surface area contributed by atoms with Crippen LogP contribution in [0.1, 0.15) is 52.0 Å². The largest absolute Gasteiger partial charge is 0.392 e. The summed E-state index contributed by atoms with van der Waals surface area (Å²) in [5.74, 6) is -0.469. The number of aliphatic hydroxyl groups excluding tert-OH is 1. The lowest BCUT2D eigenvalue weighted by Gasteiger charge is -2.56. The summed E-state index contributed by atoms with van der Waals surface area (Å²) in [5.41, 5.74) is 0.896. The molecule has 0 unspecified atom stereocenters. The maximum Gasteiger partial charge on any atom is 0.246 e. The van der Waals surface area contributed by atoms with Crippen molar-refractivity contribution in [2.75, 3.05) is 13.7 Å². The summed E-state index contributed by atoms with van der Waals surface area (Å²) in [4.78, 5) is 25.0. The molecule has 6 nitrogen and oxygen atoms in total. The topological polar surface area (TPSA) is 87.7 Å². The average molecular weight is 465 g/mol. The first-order valence-corrected chi connectivity index (χ1v) is 12.0. The molecule has 0 aliphatic heterocycles. The van der Waals surface area contributed by atoms with Crippen molar-refractivity contribution in [1.82, 2.24) is 10.6 Å². The number of methoxy groups -OCH3 is 1. The van der Waals surface area contributed by atoms with Crippen molar-refractivity contribution in [2.24, 2.45) is 29.1 Å². The number of nitrogens with one attached hydrogen (secondary N) is 2. The van der Waals surface area contributed by atoms with Crippen LogP contribution in [0.5, 0.6) is 0 Å². The summed E-state index contributed by atoms with van der Waals surface area (Å²) < 4.78 is 4.95. The molecule has 3 N–H and O–H groups in total. The summed E-state index contributed by atoms with van der Waals surface area (Å²) in [7, 11) is 1.51. The summed E-state index contributed by atoms with van der Waals surface area (Å²) >= 11 is 6.21. The number of carbonyl (C=O) groups excluding carboxylic acids is 2. The number of rotatable bonds is 7. The van der Waals surface area contributed by atoms with Crippen LogP contribution in [-0.2, 0) is 20.9 Å². The van der Waals surface area contributed by atoms with E-state index in [1.54, 1.807) is 0 Å². The second-order valence-electron chi connectivity index (χ2n) is 9.98. The fourth-order valence-corrected chi connectivity index (χ4v) is 6.26. The van der Waals surface area contributed by atoms with Crippen LogP contribution in [0.3, 0.4) is 0 Å². The second-order valence-corrected chi connectivity index (χ2v) is 10.4. The number of benzene rings is 1. The van der Waals surface area contributed by atoms with Gasteiger partial charge in [0.25, 0.3) is 0 Å². The van der Waals surface area contributed by atoms with Crippen LogP contribution in [0.15, 0.2) is 24.3 Å². The summed E-state index contributed by atoms with van der Waals surface area (Å²) in [6.07, 6.45) is 3.06. The molecule has 0 bridgehead atoms. The minimum absolute atomic E-state index is 0.00785. The number of amides is 2. The number of halogens is 1. The molecule has 0 spiro atoms. The standard InChI is InChI=1S/C25H37ClN2O4/c1-15(24(31)27-13-17-7-5-6-8-19(17)26)18-9-11-25(3)12-10-20(28-21(29)14-32-4)16(2)22(25)23(18)30/h5-8,15-16,18,20,22-23,30H,9-14H2,1-4H3,(H,27,31)(H,28,29)/t15-,16+,18-,20-,22+,23-,25-/m0/s1. The van der Waals surface area contributed by atoms with Gasteiger partial charge in [-0.1, -0.05) is 50.6 Å². The second kappa shape index (κ2) is 10.5. The molecule has 32 heavy (non-hydrogen) atoms. The Labute approximate surface area is 196 Å². The predicted molar refractivity (Wildman–Crippen MR) is 125 cm³/mol. The van der Waals surface area contributed by atoms with Crippen LogP contribution >= 0.6 is 11.6 Å². The smallest absolute Gasteiger partial charge is 0.246 e. The Morgan fingerprint density at radius 3 is 2.66 bits per heavy atom. The minimum atomic E-state index is -0.591. The van der Waals surface area contributed by atoms with E-state index in [0.29, 0.717) is 11.6 Å². The van der Waals surface area contributed by atoms with Crippen molar-refractivity contribution in [2.45, 2.75) is 65.1 Å². The van der Waals surface area contributed by atoms with E-state index in [4.69, 9.17) is 16.3 Å². The highest BCUT2D eigenvalue weighted by Crippen LogP contribution is 2.55. The molecule has 2 amide bonds. The highest BCUT2D eigenvalue weighted by molar-refractivity contribution is 6.31. The average Bonchev–Trinajstić information content (AvgIpc) is 2.75. The summed E-state index contributed by atoms with van der Waals surface area (Å²) in [6.45, 7) is 6.69. The van der Waals surface area contributed by atoms with Gasteiger partial charge in [-0.15, -0.1) is 0 Å². The third-order valence-corrected chi connectivity index (χ3v) is 8.34. The highest BCUT2D eigenvalue weighted by Gasteiger charge is 2.53. The van der Waals surface area contributed by atoms with Crippen LogP contribution in [0.25, 0.3) is 0 Å². The van der Waals surface area contributed by atoms with E-state index in [9.17, 15) is 14.7 Å². The summed E-state index contributed by atoms with van der Waals surface area (Å²) in [5, 5.41) is 18.2. The van der Waals surface area contributed by atoms with Crippen LogP contribution in [0, 0.1) is 29.1 Å². The van der Waals surface area contributed by atoms with Gasteiger partial charge < -0.3 is 20.5 Å². The first kappa shape index (κ1) is 25.0. The van der Waals surface area contributed by atoms with Gasteiger partial charge in [-0.2, -0.15) is 0 Å². The molecular formula is C25H37ClN2O4. The van der Waals surface area contributed by atoms with Gasteiger partial charge in [-0.05, 0) is 60.5 Å². The third-order valence-electron chi connectivity index (χ3n) is 7.98. The molecule has 1 aromatic rings. The monoisotopic (exact) mass is 464 g/mol. The van der Waals surface area contributed by atoms with Crippen LogP contribution in [0.2, 0.25) is 5.02 Å². The molecule has 1 aromatic carbocycles. The lowest BCUT2D eigenvalue weighted by atomic mass is 9.51. The maximum atomic E-state index is 12.9. The van der Waals surface area contributed by atoms with Crippen molar-refractivity contribution < 1.29 is 19.4 Å². The van der Waals surface area contributed by atoms with E-state index in [0.717, 1.165) is 31.2 Å². The Morgan fingerprint density at radius 1 is 1.28 bits per heavy atom. The minimum Gasteiger partial charge on any atom is -0.392 e. The van der Waals surface area contributed by atoms with Crippen molar-refractivity contribution in [3.63, 3.8) is 0 Å². The molecule has 0 aromatic heterocycles. The molecule has 3 rings (SSSR count). The van der Waals surface area contributed by atoms with Crippen molar-refractivity contribution in [1.29, 1.82) is 0 Å². The fourth-order valence-electron chi connectivity index (χ4n) is 6.06. The zero-order valence-corrected chi connectivity index (χ0v) is 20.3. The molecule has 2 fully saturated rings. The predicted octanol–water partition coefficient (Wildman–Crippen LogP) is 3.55. The van der Waals surface area contributed by atoms with Gasteiger partial charge in [-0.3, -0.25) is 9.59 Å². The number of carbonyl (C=O) groups is 2. The third kappa shape index (κ3) is 5.29. The van der Waals surface area contributed by atoms with E-state index >= 15 is 0 Å². The first-order valence-electron chi connectivity index (χ1n) is 11.7. The van der Waals surface area contributed by atoms with Crippen molar-refractivity contribution >= 4 is 23.4 Å². The Kier molecular flexibility index (Phi) is 8.23. The van der Waals surface area contributed by atoms with E-state index in [1.165, 1.54) is 7.11 Å². The van der Waals surface area contributed by atoms with Gasteiger partial charge in [0.05, 0.1) is 6.10 Å². The molecular weight excluding hydrogens is 428 g/mol. The SMILES string of the molecule is COCC(=O)N[C@H]1CC[C@]2(C)CC[C@@H]([C@H](C)C(=O)NCc3ccccc3Cl)[C@H](O)[C@H]2[C@@H]1C. The lowest BCUT2D eigenvalue weighted by Crippen LogP contribution is -2.58. The van der Waals surface area contributed by atoms with E-state index in [2.05, 4.69) is 24.5 Å². The molecule has 2 aliphatic rings. The number of hydrogen-bond donors (Lipinski definition) is 3. The molecule has 0 saturated heterocycles. The molecule has 0 radical (unpaired) electrons. The molecule has 2 saturated carbocycles. The Balaban J connectivity index is 1.67. The first-order chi connectivity index (χ1) is 15.2. The molecule has 2 aliphatic carbocycles. The Bertz CT molecular complexity index is 819. The van der Waals surface area contributed by atoms with E-state index in [1.807, 2.05) is 31.2 Å². The van der Waals surface area contributed by atoms with E-state index in [-0.39, 0.29) is 53.5 Å². The number of fused-ring (bicyclic) bond motifs is 1. The number of ether oxygens (including phenoxy) is 1. The van der Waals surface area contributed by atoms with Gasteiger partial charge in [0.2, 0.25) is 11.8 Å². The molecule has 178 valence electrons. The van der Waals surface area contributed by atoms with Gasteiger partial charge >= 0.3 is 0 Å². The van der Waals surface area contributed by atoms with Crippen molar-refractivity contribution in [3.8, 4) is 0 Å². The molecule has 7 atom stereocenters. The lowest BCUT2D eigenvalue weighted by molar-refractivity contribution is -0.144. The van der Waals surface area contributed by atoms with Gasteiger partial charge in [0.1, 0.15) is 6.61 Å². The zero-order chi connectivity index (χ0) is 23.5. The van der Waals surface area contributed by atoms with Crippen molar-refractivity contribution in [3.05, 3.63) is 34.9 Å². The normalized spacial score (nSPS) is 33.1. The maximum absolute atomic E-state index is 12.9. The Morgan fingerprint density at radius 2 is 1.97 bits per heavy atom. The summed E-state index contributed by atoms with van der Waals surface area (Å²) in [6, 6.07) is 7.48.